The molecular weight excluding hydrogens is 240 g/mol. The lowest BCUT2D eigenvalue weighted by Gasteiger charge is -2.12. The van der Waals surface area contributed by atoms with E-state index < -0.39 is 6.10 Å². The molecule has 0 radical (unpaired) electrons. The maximum atomic E-state index is 9.91. The number of rotatable bonds is 5. The summed E-state index contributed by atoms with van der Waals surface area (Å²) in [4.78, 5) is 0. The van der Waals surface area contributed by atoms with Gasteiger partial charge in [0.25, 0.3) is 0 Å². The van der Waals surface area contributed by atoms with Gasteiger partial charge in [0.2, 0.25) is 0 Å². The van der Waals surface area contributed by atoms with E-state index in [1.165, 1.54) is 5.56 Å². The van der Waals surface area contributed by atoms with E-state index in [0.29, 0.717) is 12.2 Å². The SMILES string of the molecule is Cc1ccc(CC(O)COc2ccc(O)cc2)cc1. The zero-order valence-corrected chi connectivity index (χ0v) is 10.9. The van der Waals surface area contributed by atoms with Crippen LogP contribution in [0.1, 0.15) is 11.1 Å². The third-order valence-corrected chi connectivity index (χ3v) is 2.87. The molecule has 2 rings (SSSR count). The van der Waals surface area contributed by atoms with Gasteiger partial charge in [0.15, 0.2) is 0 Å². The third kappa shape index (κ3) is 4.30. The fourth-order valence-electron chi connectivity index (χ4n) is 1.79. The summed E-state index contributed by atoms with van der Waals surface area (Å²) in [6, 6.07) is 14.6. The lowest BCUT2D eigenvalue weighted by Crippen LogP contribution is -2.20. The van der Waals surface area contributed by atoms with Gasteiger partial charge < -0.3 is 14.9 Å². The van der Waals surface area contributed by atoms with E-state index in [0.717, 1.165) is 5.56 Å². The highest BCUT2D eigenvalue weighted by Gasteiger charge is 2.06. The summed E-state index contributed by atoms with van der Waals surface area (Å²) in [5.74, 6) is 0.841. The first-order chi connectivity index (χ1) is 9.13. The van der Waals surface area contributed by atoms with Gasteiger partial charge in [-0.1, -0.05) is 29.8 Å². The van der Waals surface area contributed by atoms with Crippen molar-refractivity contribution in [3.05, 3.63) is 59.7 Å². The van der Waals surface area contributed by atoms with Crippen LogP contribution in [0.5, 0.6) is 11.5 Å². The highest BCUT2D eigenvalue weighted by Crippen LogP contribution is 2.16. The minimum absolute atomic E-state index is 0.201. The first-order valence-electron chi connectivity index (χ1n) is 6.29. The molecular formula is C16H18O3. The van der Waals surface area contributed by atoms with Crippen molar-refractivity contribution in [2.45, 2.75) is 19.4 Å². The Morgan fingerprint density at radius 2 is 1.63 bits per heavy atom. The zero-order chi connectivity index (χ0) is 13.7. The first-order valence-corrected chi connectivity index (χ1v) is 6.29. The Morgan fingerprint density at radius 3 is 2.26 bits per heavy atom. The Balaban J connectivity index is 1.82. The number of benzene rings is 2. The summed E-state index contributed by atoms with van der Waals surface area (Å²) in [5.41, 5.74) is 2.30. The Bertz CT molecular complexity index is 503. The Kier molecular flexibility index (Phi) is 4.42. The van der Waals surface area contributed by atoms with Crippen LogP contribution >= 0.6 is 0 Å². The molecule has 0 saturated carbocycles. The van der Waals surface area contributed by atoms with Crippen molar-refractivity contribution in [3.63, 3.8) is 0 Å². The Labute approximate surface area is 113 Å². The number of hydrogen-bond donors (Lipinski definition) is 2. The van der Waals surface area contributed by atoms with Gasteiger partial charge >= 0.3 is 0 Å². The van der Waals surface area contributed by atoms with Crippen LogP contribution in [-0.2, 0) is 6.42 Å². The second kappa shape index (κ2) is 6.25. The molecule has 3 heteroatoms. The number of phenols is 1. The zero-order valence-electron chi connectivity index (χ0n) is 10.9. The summed E-state index contributed by atoms with van der Waals surface area (Å²) in [5, 5.41) is 19.1. The molecule has 3 nitrogen and oxygen atoms in total. The van der Waals surface area contributed by atoms with E-state index in [2.05, 4.69) is 0 Å². The molecule has 19 heavy (non-hydrogen) atoms. The van der Waals surface area contributed by atoms with Gasteiger partial charge in [-0.15, -0.1) is 0 Å². The van der Waals surface area contributed by atoms with Crippen LogP contribution in [0.3, 0.4) is 0 Å². The Hall–Kier alpha value is -2.00. The molecule has 2 aromatic carbocycles. The quantitative estimate of drug-likeness (QED) is 0.867. The van der Waals surface area contributed by atoms with E-state index in [4.69, 9.17) is 9.84 Å². The normalized spacial score (nSPS) is 12.1. The van der Waals surface area contributed by atoms with Gasteiger partial charge in [-0.2, -0.15) is 0 Å². The number of aromatic hydroxyl groups is 1. The van der Waals surface area contributed by atoms with Crippen molar-refractivity contribution in [2.75, 3.05) is 6.61 Å². The van der Waals surface area contributed by atoms with E-state index >= 15 is 0 Å². The van der Waals surface area contributed by atoms with Crippen LogP contribution in [0.15, 0.2) is 48.5 Å². The smallest absolute Gasteiger partial charge is 0.119 e. The third-order valence-electron chi connectivity index (χ3n) is 2.87. The lowest BCUT2D eigenvalue weighted by atomic mass is 10.1. The molecule has 0 spiro atoms. The van der Waals surface area contributed by atoms with Crippen LogP contribution in [0.2, 0.25) is 0 Å². The molecule has 0 aromatic heterocycles. The number of aryl methyl sites for hydroxylation is 1. The Morgan fingerprint density at radius 1 is 1.00 bits per heavy atom. The monoisotopic (exact) mass is 258 g/mol. The first kappa shape index (κ1) is 13.4. The molecule has 0 amide bonds. The van der Waals surface area contributed by atoms with E-state index in [1.54, 1.807) is 24.3 Å². The van der Waals surface area contributed by atoms with Gasteiger partial charge in [-0.05, 0) is 36.8 Å². The number of aliphatic hydroxyl groups excluding tert-OH is 1. The fourth-order valence-corrected chi connectivity index (χ4v) is 1.79. The molecule has 2 N–H and O–H groups in total. The molecule has 0 heterocycles. The van der Waals surface area contributed by atoms with Crippen molar-refractivity contribution in [1.29, 1.82) is 0 Å². The predicted molar refractivity (Wildman–Crippen MR) is 74.5 cm³/mol. The summed E-state index contributed by atoms with van der Waals surface area (Å²) >= 11 is 0. The van der Waals surface area contributed by atoms with Crippen LogP contribution in [-0.4, -0.2) is 22.9 Å². The van der Waals surface area contributed by atoms with E-state index in [1.807, 2.05) is 31.2 Å². The van der Waals surface area contributed by atoms with Crippen LogP contribution in [0.25, 0.3) is 0 Å². The van der Waals surface area contributed by atoms with Gasteiger partial charge in [-0.3, -0.25) is 0 Å². The molecule has 100 valence electrons. The largest absolute Gasteiger partial charge is 0.508 e. The van der Waals surface area contributed by atoms with Gasteiger partial charge in [0.05, 0.1) is 6.10 Å². The van der Waals surface area contributed by atoms with E-state index in [-0.39, 0.29) is 12.4 Å². The molecule has 0 saturated heterocycles. The predicted octanol–water partition coefficient (Wildman–Crippen LogP) is 2.68. The average molecular weight is 258 g/mol. The van der Waals surface area contributed by atoms with Crippen molar-refractivity contribution in [1.82, 2.24) is 0 Å². The van der Waals surface area contributed by atoms with Gasteiger partial charge in [0.1, 0.15) is 18.1 Å². The minimum Gasteiger partial charge on any atom is -0.508 e. The maximum Gasteiger partial charge on any atom is 0.119 e. The van der Waals surface area contributed by atoms with E-state index in [9.17, 15) is 5.11 Å². The molecule has 0 fully saturated rings. The number of hydrogen-bond acceptors (Lipinski definition) is 3. The summed E-state index contributed by atoms with van der Waals surface area (Å²) in [6.45, 7) is 2.27. The second-order valence-corrected chi connectivity index (χ2v) is 4.65. The van der Waals surface area contributed by atoms with Crippen LogP contribution in [0.4, 0.5) is 0 Å². The van der Waals surface area contributed by atoms with Gasteiger partial charge in [0, 0.05) is 6.42 Å². The second-order valence-electron chi connectivity index (χ2n) is 4.65. The van der Waals surface area contributed by atoms with Crippen molar-refractivity contribution in [2.24, 2.45) is 0 Å². The van der Waals surface area contributed by atoms with Crippen molar-refractivity contribution >= 4 is 0 Å². The highest BCUT2D eigenvalue weighted by molar-refractivity contribution is 5.30. The topological polar surface area (TPSA) is 49.7 Å². The average Bonchev–Trinajstić information content (AvgIpc) is 2.41. The highest BCUT2D eigenvalue weighted by atomic mass is 16.5. The molecule has 1 atom stereocenters. The molecule has 2 aromatic rings. The summed E-state index contributed by atoms with van der Waals surface area (Å²) < 4.78 is 5.46. The maximum absolute atomic E-state index is 9.91. The molecule has 0 aliphatic carbocycles. The number of phenolic OH excluding ortho intramolecular Hbond substituents is 1. The van der Waals surface area contributed by atoms with Gasteiger partial charge in [-0.25, -0.2) is 0 Å². The summed E-state index contributed by atoms with van der Waals surface area (Å²) in [6.07, 6.45) is 0.0229. The van der Waals surface area contributed by atoms with Crippen LogP contribution < -0.4 is 4.74 Å². The summed E-state index contributed by atoms with van der Waals surface area (Å²) in [7, 11) is 0. The molecule has 1 unspecified atom stereocenters. The van der Waals surface area contributed by atoms with Crippen molar-refractivity contribution in [3.8, 4) is 11.5 Å². The standard InChI is InChI=1S/C16H18O3/c1-12-2-4-13(5-3-12)10-15(18)11-19-16-8-6-14(17)7-9-16/h2-9,15,17-18H,10-11H2,1H3. The van der Waals surface area contributed by atoms with Crippen LogP contribution in [0, 0.1) is 6.92 Å². The number of ether oxygens (including phenoxy) is 1. The number of aliphatic hydroxyl groups is 1. The molecule has 0 aliphatic rings. The minimum atomic E-state index is -0.545. The fraction of sp³-hybridized carbons (Fsp3) is 0.250. The molecule has 0 bridgehead atoms. The van der Waals surface area contributed by atoms with Crippen molar-refractivity contribution < 1.29 is 14.9 Å². The lowest BCUT2D eigenvalue weighted by molar-refractivity contribution is 0.107. The molecule has 0 aliphatic heterocycles.